The van der Waals surface area contributed by atoms with Gasteiger partial charge in [0.15, 0.2) is 0 Å². The van der Waals surface area contributed by atoms with Gasteiger partial charge in [0.25, 0.3) is 0 Å². The summed E-state index contributed by atoms with van der Waals surface area (Å²) in [5, 5.41) is 0. The number of hydrogen-bond donors (Lipinski definition) is 2. The first-order valence-corrected chi connectivity index (χ1v) is 5.23. The number of rotatable bonds is 1. The summed E-state index contributed by atoms with van der Waals surface area (Å²) >= 11 is 0. The summed E-state index contributed by atoms with van der Waals surface area (Å²) < 4.78 is 0. The van der Waals surface area contributed by atoms with Gasteiger partial charge >= 0.3 is 0 Å². The average Bonchev–Trinajstić information content (AvgIpc) is 3.07. The Morgan fingerprint density at radius 2 is 1.38 bits per heavy atom. The molecule has 0 saturated heterocycles. The van der Waals surface area contributed by atoms with Gasteiger partial charge in [0.2, 0.25) is 0 Å². The van der Waals surface area contributed by atoms with E-state index in [0.29, 0.717) is 0 Å². The van der Waals surface area contributed by atoms with Crippen molar-refractivity contribution in [2.45, 2.75) is 0 Å². The van der Waals surface area contributed by atoms with Gasteiger partial charge in [-0.25, -0.2) is 0 Å². The van der Waals surface area contributed by atoms with Crippen molar-refractivity contribution in [2.75, 3.05) is 0 Å². The summed E-state index contributed by atoms with van der Waals surface area (Å²) in [7, 11) is 0. The van der Waals surface area contributed by atoms with E-state index in [2.05, 4.69) is 28.2 Å². The zero-order valence-corrected chi connectivity index (χ0v) is 8.93. The fourth-order valence-electron chi connectivity index (χ4n) is 1.41. The smallest absolute Gasteiger partial charge is 0.0453 e. The summed E-state index contributed by atoms with van der Waals surface area (Å²) in [4.78, 5) is 6.01. The molecule has 16 heavy (non-hydrogen) atoms. The molecule has 0 aliphatic heterocycles. The van der Waals surface area contributed by atoms with Crippen molar-refractivity contribution in [3.05, 3.63) is 73.2 Å². The normalized spacial score (nSPS) is 9.25. The molecular weight excluding hydrogens is 196 g/mol. The van der Waals surface area contributed by atoms with Gasteiger partial charge in [0.05, 0.1) is 0 Å². The van der Waals surface area contributed by atoms with Crippen molar-refractivity contribution in [3.8, 4) is 11.3 Å². The van der Waals surface area contributed by atoms with Gasteiger partial charge in [0, 0.05) is 24.3 Å². The van der Waals surface area contributed by atoms with Gasteiger partial charge in [-0.1, -0.05) is 30.3 Å². The van der Waals surface area contributed by atoms with Crippen LogP contribution >= 0.6 is 0 Å². The van der Waals surface area contributed by atoms with Crippen LogP contribution in [0.25, 0.3) is 11.3 Å². The lowest BCUT2D eigenvalue weighted by atomic mass is 10.2. The van der Waals surface area contributed by atoms with Crippen molar-refractivity contribution in [3.63, 3.8) is 0 Å². The predicted molar refractivity (Wildman–Crippen MR) is 67.0 cm³/mol. The van der Waals surface area contributed by atoms with Gasteiger partial charge in [-0.2, -0.15) is 0 Å². The number of benzene rings is 1. The average molecular weight is 210 g/mol. The fraction of sp³-hybridized carbons (Fsp3) is 0. The van der Waals surface area contributed by atoms with E-state index >= 15 is 0 Å². The van der Waals surface area contributed by atoms with Crippen LogP contribution in [0.4, 0.5) is 0 Å². The molecule has 0 fully saturated rings. The zero-order valence-electron chi connectivity index (χ0n) is 8.93. The predicted octanol–water partition coefficient (Wildman–Crippen LogP) is 3.70. The highest BCUT2D eigenvalue weighted by atomic mass is 14.7. The third-order valence-electron chi connectivity index (χ3n) is 2.18. The minimum absolute atomic E-state index is 1.17. The number of hydrogen-bond acceptors (Lipinski definition) is 0. The monoisotopic (exact) mass is 210 g/mol. The van der Waals surface area contributed by atoms with E-state index in [1.54, 1.807) is 0 Å². The molecule has 80 valence electrons. The lowest BCUT2D eigenvalue weighted by Crippen LogP contribution is -1.73. The van der Waals surface area contributed by atoms with Crippen LogP contribution in [0.15, 0.2) is 73.2 Å². The Labute approximate surface area is 95.0 Å². The second kappa shape index (κ2) is 5.61. The number of nitrogens with one attached hydrogen (secondary N) is 2. The maximum atomic E-state index is 3.15. The third-order valence-corrected chi connectivity index (χ3v) is 2.18. The van der Waals surface area contributed by atoms with Crippen molar-refractivity contribution >= 4 is 0 Å². The minimum Gasteiger partial charge on any atom is -0.368 e. The Morgan fingerprint density at radius 3 is 1.88 bits per heavy atom. The molecule has 0 amide bonds. The summed E-state index contributed by atoms with van der Waals surface area (Å²) in [6, 6.07) is 18.2. The molecule has 0 radical (unpaired) electrons. The molecule has 1 aromatic carbocycles. The minimum atomic E-state index is 1.17. The van der Waals surface area contributed by atoms with Crippen LogP contribution in [-0.2, 0) is 0 Å². The Balaban J connectivity index is 0.000000162. The van der Waals surface area contributed by atoms with Crippen LogP contribution in [0.5, 0.6) is 0 Å². The lowest BCUT2D eigenvalue weighted by Gasteiger charge is -1.94. The summed E-state index contributed by atoms with van der Waals surface area (Å²) in [5.41, 5.74) is 2.41. The van der Waals surface area contributed by atoms with E-state index in [0.717, 1.165) is 0 Å². The molecule has 3 aromatic rings. The molecule has 2 aromatic heterocycles. The molecule has 2 heteroatoms. The van der Waals surface area contributed by atoms with Crippen LogP contribution in [0.2, 0.25) is 0 Å². The Kier molecular flexibility index (Phi) is 3.61. The maximum Gasteiger partial charge on any atom is 0.0453 e. The molecule has 2 nitrogen and oxygen atoms in total. The van der Waals surface area contributed by atoms with Crippen molar-refractivity contribution < 1.29 is 0 Å². The molecule has 0 atom stereocenters. The molecule has 0 bridgehead atoms. The maximum absolute atomic E-state index is 3.15. The van der Waals surface area contributed by atoms with Gasteiger partial charge in [-0.05, 0) is 29.8 Å². The van der Waals surface area contributed by atoms with E-state index in [1.807, 2.05) is 55.0 Å². The Hall–Kier alpha value is -2.22. The van der Waals surface area contributed by atoms with Gasteiger partial charge in [0.1, 0.15) is 0 Å². The highest BCUT2D eigenvalue weighted by Gasteiger charge is 1.92. The molecule has 2 heterocycles. The summed E-state index contributed by atoms with van der Waals surface area (Å²) in [6.07, 6.45) is 5.68. The van der Waals surface area contributed by atoms with E-state index in [4.69, 9.17) is 0 Å². The van der Waals surface area contributed by atoms with Crippen LogP contribution in [0.1, 0.15) is 0 Å². The van der Waals surface area contributed by atoms with Crippen LogP contribution in [0.3, 0.4) is 0 Å². The van der Waals surface area contributed by atoms with E-state index in [1.165, 1.54) is 11.3 Å². The second-order valence-corrected chi connectivity index (χ2v) is 3.33. The third kappa shape index (κ3) is 2.89. The Bertz CT molecular complexity index is 449. The topological polar surface area (TPSA) is 31.6 Å². The molecule has 3 rings (SSSR count). The highest BCUT2D eigenvalue weighted by molar-refractivity contribution is 5.58. The Morgan fingerprint density at radius 1 is 0.625 bits per heavy atom. The fourth-order valence-corrected chi connectivity index (χ4v) is 1.41. The molecule has 0 unspecified atom stereocenters. The summed E-state index contributed by atoms with van der Waals surface area (Å²) in [5.74, 6) is 0. The van der Waals surface area contributed by atoms with E-state index < -0.39 is 0 Å². The second-order valence-electron chi connectivity index (χ2n) is 3.33. The van der Waals surface area contributed by atoms with Gasteiger partial charge in [-0.15, -0.1) is 0 Å². The number of aromatic amines is 2. The largest absolute Gasteiger partial charge is 0.368 e. The first-order chi connectivity index (χ1) is 7.97. The molecular formula is C14H14N2. The molecule has 0 aliphatic carbocycles. The van der Waals surface area contributed by atoms with Crippen molar-refractivity contribution in [2.24, 2.45) is 0 Å². The zero-order chi connectivity index (χ0) is 11.1. The lowest BCUT2D eigenvalue weighted by molar-refractivity contribution is 1.40. The van der Waals surface area contributed by atoms with Gasteiger partial charge < -0.3 is 9.97 Å². The highest BCUT2D eigenvalue weighted by Crippen LogP contribution is 2.14. The quantitative estimate of drug-likeness (QED) is 0.614. The molecule has 0 spiro atoms. The number of H-pyrrole nitrogens is 2. The summed E-state index contributed by atoms with van der Waals surface area (Å²) in [6.45, 7) is 0. The van der Waals surface area contributed by atoms with Crippen molar-refractivity contribution in [1.29, 1.82) is 0 Å². The number of aromatic nitrogens is 2. The first kappa shape index (κ1) is 10.3. The van der Waals surface area contributed by atoms with Crippen LogP contribution in [0, 0.1) is 0 Å². The van der Waals surface area contributed by atoms with Gasteiger partial charge in [-0.3, -0.25) is 0 Å². The first-order valence-electron chi connectivity index (χ1n) is 5.23. The molecule has 0 saturated carbocycles. The standard InChI is InChI=1S/C10H9N.C4H5N/c1-2-5-9(6-3-1)10-7-4-8-11-10;1-2-4-5-3-1/h1-8,11H;1-5H. The van der Waals surface area contributed by atoms with Crippen LogP contribution in [-0.4, -0.2) is 9.97 Å². The molecule has 0 aliphatic rings. The van der Waals surface area contributed by atoms with Crippen LogP contribution < -0.4 is 0 Å². The molecule has 2 N–H and O–H groups in total. The van der Waals surface area contributed by atoms with Crippen molar-refractivity contribution in [1.82, 2.24) is 9.97 Å². The van der Waals surface area contributed by atoms with E-state index in [9.17, 15) is 0 Å². The SMILES string of the molecule is c1cc[nH]c1.c1ccc(-c2ccc[nH]2)cc1. The van der Waals surface area contributed by atoms with E-state index in [-0.39, 0.29) is 0 Å².